The van der Waals surface area contributed by atoms with Crippen molar-refractivity contribution in [3.63, 3.8) is 0 Å². The van der Waals surface area contributed by atoms with E-state index in [-0.39, 0.29) is 11.8 Å². The van der Waals surface area contributed by atoms with Crippen LogP contribution in [-0.4, -0.2) is 38.8 Å². The van der Waals surface area contributed by atoms with Gasteiger partial charge in [0, 0.05) is 18.5 Å². The van der Waals surface area contributed by atoms with Crippen molar-refractivity contribution in [2.45, 2.75) is 32.6 Å². The number of rotatable bonds is 11. The van der Waals surface area contributed by atoms with Crippen molar-refractivity contribution in [2.75, 3.05) is 20.8 Å². The number of hydrogen-bond acceptors (Lipinski definition) is 6. The van der Waals surface area contributed by atoms with E-state index < -0.39 is 0 Å². The summed E-state index contributed by atoms with van der Waals surface area (Å²) in [5, 5.41) is 6.72. The molecule has 0 aliphatic rings. The Morgan fingerprint density at radius 3 is 2.55 bits per heavy atom. The molecule has 0 atom stereocenters. The van der Waals surface area contributed by atoms with Gasteiger partial charge < -0.3 is 19.2 Å². The molecule has 0 bridgehead atoms. The molecule has 0 radical (unpaired) electrons. The first-order chi connectivity index (χ1) is 14.0. The van der Waals surface area contributed by atoms with E-state index in [1.165, 1.54) is 13.3 Å². The number of carbonyl (C=O) groups excluding carboxylic acids is 2. The Bertz CT molecular complexity index is 845. The largest absolute Gasteiger partial charge is 0.493 e. The summed E-state index contributed by atoms with van der Waals surface area (Å²) < 4.78 is 15.7. The Hall–Kier alpha value is -3.29. The van der Waals surface area contributed by atoms with Crippen LogP contribution in [0.1, 0.15) is 47.6 Å². The standard InChI is InChI=1S/C21H27N3O5/c1-15-8-10-17(29-15)14-23-24-20(25)7-5-4-6-12-22-21(26)16-9-11-18(27-2)19(13-16)28-3/h8-11,13-14H,4-7,12H2,1-3H3,(H,22,26)(H,24,25)/b23-14+. The van der Waals surface area contributed by atoms with Crippen LogP contribution in [0.15, 0.2) is 39.9 Å². The zero-order valence-electron chi connectivity index (χ0n) is 17.0. The normalized spacial score (nSPS) is 10.7. The number of hydrogen-bond donors (Lipinski definition) is 2. The Morgan fingerprint density at radius 2 is 1.86 bits per heavy atom. The summed E-state index contributed by atoms with van der Waals surface area (Å²) in [4.78, 5) is 23.9. The monoisotopic (exact) mass is 401 g/mol. The molecule has 0 spiro atoms. The molecule has 2 aromatic rings. The van der Waals surface area contributed by atoms with Crippen LogP contribution in [0.25, 0.3) is 0 Å². The third-order valence-corrected chi connectivity index (χ3v) is 4.15. The summed E-state index contributed by atoms with van der Waals surface area (Å²) in [5.74, 6) is 2.14. The van der Waals surface area contributed by atoms with Gasteiger partial charge in [-0.05, 0) is 50.1 Å². The highest BCUT2D eigenvalue weighted by Crippen LogP contribution is 2.27. The summed E-state index contributed by atoms with van der Waals surface area (Å²) >= 11 is 0. The fourth-order valence-electron chi connectivity index (χ4n) is 2.62. The van der Waals surface area contributed by atoms with E-state index >= 15 is 0 Å². The molecule has 29 heavy (non-hydrogen) atoms. The quantitative estimate of drug-likeness (QED) is 0.342. The number of nitrogens with zero attached hydrogens (tertiary/aromatic N) is 1. The fraction of sp³-hybridized carbons (Fsp3) is 0.381. The van der Waals surface area contributed by atoms with Gasteiger partial charge >= 0.3 is 0 Å². The Labute approximate surface area is 170 Å². The molecule has 0 aliphatic carbocycles. The summed E-state index contributed by atoms with van der Waals surface area (Å²) in [5.41, 5.74) is 2.98. The van der Waals surface area contributed by atoms with E-state index in [0.717, 1.165) is 18.6 Å². The zero-order chi connectivity index (χ0) is 21.1. The predicted molar refractivity (Wildman–Crippen MR) is 110 cm³/mol. The van der Waals surface area contributed by atoms with Gasteiger partial charge in [0.25, 0.3) is 5.91 Å². The van der Waals surface area contributed by atoms with Gasteiger partial charge in [0.1, 0.15) is 11.5 Å². The topological polar surface area (TPSA) is 102 Å². The lowest BCUT2D eigenvalue weighted by molar-refractivity contribution is -0.121. The number of methoxy groups -OCH3 is 2. The summed E-state index contributed by atoms with van der Waals surface area (Å²) in [6, 6.07) is 8.63. The van der Waals surface area contributed by atoms with Crippen molar-refractivity contribution >= 4 is 18.0 Å². The smallest absolute Gasteiger partial charge is 0.251 e. The maximum absolute atomic E-state index is 12.2. The molecule has 1 aromatic carbocycles. The Kier molecular flexibility index (Phi) is 8.75. The summed E-state index contributed by atoms with van der Waals surface area (Å²) in [6.45, 7) is 2.37. The molecule has 2 amide bonds. The molecule has 2 rings (SSSR count). The molecule has 1 aromatic heterocycles. The molecule has 0 unspecified atom stereocenters. The van der Waals surface area contributed by atoms with E-state index in [1.807, 2.05) is 13.0 Å². The van der Waals surface area contributed by atoms with Crippen LogP contribution in [0.4, 0.5) is 0 Å². The SMILES string of the molecule is COc1ccc(C(=O)NCCCCCC(=O)N/N=C/c2ccc(C)o2)cc1OC. The number of hydrazone groups is 1. The molecular weight excluding hydrogens is 374 g/mol. The van der Waals surface area contributed by atoms with Gasteiger partial charge in [0.2, 0.25) is 5.91 Å². The van der Waals surface area contributed by atoms with Gasteiger partial charge in [-0.3, -0.25) is 9.59 Å². The minimum atomic E-state index is -0.175. The van der Waals surface area contributed by atoms with E-state index in [0.29, 0.717) is 42.2 Å². The van der Waals surface area contributed by atoms with Crippen LogP contribution >= 0.6 is 0 Å². The highest BCUT2D eigenvalue weighted by Gasteiger charge is 2.10. The van der Waals surface area contributed by atoms with Crippen molar-refractivity contribution in [3.05, 3.63) is 47.4 Å². The van der Waals surface area contributed by atoms with Gasteiger partial charge in [-0.15, -0.1) is 0 Å². The molecule has 0 saturated carbocycles. The van der Waals surface area contributed by atoms with Gasteiger partial charge in [0.15, 0.2) is 11.5 Å². The first kappa shape index (κ1) is 22.0. The van der Waals surface area contributed by atoms with E-state index in [1.54, 1.807) is 31.4 Å². The third kappa shape index (κ3) is 7.33. The van der Waals surface area contributed by atoms with E-state index in [9.17, 15) is 9.59 Å². The number of nitrogens with one attached hydrogen (secondary N) is 2. The third-order valence-electron chi connectivity index (χ3n) is 4.15. The van der Waals surface area contributed by atoms with Crippen molar-refractivity contribution in [1.82, 2.24) is 10.7 Å². The van der Waals surface area contributed by atoms with Gasteiger partial charge in [-0.1, -0.05) is 6.42 Å². The molecule has 8 nitrogen and oxygen atoms in total. The lowest BCUT2D eigenvalue weighted by Crippen LogP contribution is -2.24. The van der Waals surface area contributed by atoms with Crippen molar-refractivity contribution < 1.29 is 23.5 Å². The highest BCUT2D eigenvalue weighted by molar-refractivity contribution is 5.94. The number of unbranched alkanes of at least 4 members (excludes halogenated alkanes) is 2. The maximum atomic E-state index is 12.2. The lowest BCUT2D eigenvalue weighted by atomic mass is 10.1. The number of furan rings is 1. The average molecular weight is 401 g/mol. The number of ether oxygens (including phenoxy) is 2. The number of aryl methyl sites for hydroxylation is 1. The lowest BCUT2D eigenvalue weighted by Gasteiger charge is -2.10. The second kappa shape index (κ2) is 11.5. The molecule has 0 saturated heterocycles. The molecule has 156 valence electrons. The summed E-state index contributed by atoms with van der Waals surface area (Å²) in [7, 11) is 3.07. The van der Waals surface area contributed by atoms with Crippen LogP contribution < -0.4 is 20.2 Å². The van der Waals surface area contributed by atoms with Crippen molar-refractivity contribution in [1.29, 1.82) is 0 Å². The van der Waals surface area contributed by atoms with Gasteiger partial charge in [0.05, 0.1) is 20.4 Å². The molecule has 8 heteroatoms. The van der Waals surface area contributed by atoms with Crippen molar-refractivity contribution in [3.8, 4) is 11.5 Å². The molecule has 0 aliphatic heterocycles. The van der Waals surface area contributed by atoms with Gasteiger partial charge in [-0.25, -0.2) is 5.43 Å². The van der Waals surface area contributed by atoms with Crippen molar-refractivity contribution in [2.24, 2.45) is 5.10 Å². The van der Waals surface area contributed by atoms with E-state index in [2.05, 4.69) is 15.8 Å². The number of amides is 2. The van der Waals surface area contributed by atoms with Crippen LogP contribution in [0.5, 0.6) is 11.5 Å². The maximum Gasteiger partial charge on any atom is 0.251 e. The average Bonchev–Trinajstić information content (AvgIpc) is 3.14. The van der Waals surface area contributed by atoms with Crippen LogP contribution in [-0.2, 0) is 4.79 Å². The number of carbonyl (C=O) groups is 2. The highest BCUT2D eigenvalue weighted by atomic mass is 16.5. The molecule has 0 fully saturated rings. The first-order valence-electron chi connectivity index (χ1n) is 9.42. The second-order valence-corrected chi connectivity index (χ2v) is 6.38. The van der Waals surface area contributed by atoms with Crippen LogP contribution in [0, 0.1) is 6.92 Å². The van der Waals surface area contributed by atoms with Crippen LogP contribution in [0.3, 0.4) is 0 Å². The minimum absolute atomic E-state index is 0.154. The fourth-order valence-corrected chi connectivity index (χ4v) is 2.62. The Morgan fingerprint density at radius 1 is 1.07 bits per heavy atom. The second-order valence-electron chi connectivity index (χ2n) is 6.38. The predicted octanol–water partition coefficient (Wildman–Crippen LogP) is 3.05. The molecular formula is C21H27N3O5. The zero-order valence-corrected chi connectivity index (χ0v) is 17.0. The molecule has 1 heterocycles. The molecule has 2 N–H and O–H groups in total. The van der Waals surface area contributed by atoms with Gasteiger partial charge in [-0.2, -0.15) is 5.10 Å². The minimum Gasteiger partial charge on any atom is -0.493 e. The van der Waals surface area contributed by atoms with E-state index in [4.69, 9.17) is 13.9 Å². The summed E-state index contributed by atoms with van der Waals surface area (Å²) in [6.07, 6.45) is 4.15. The van der Waals surface area contributed by atoms with Crippen LogP contribution in [0.2, 0.25) is 0 Å². The Balaban J connectivity index is 1.60. The first-order valence-corrected chi connectivity index (χ1v) is 9.42. The number of benzene rings is 1.